The van der Waals surface area contributed by atoms with Crippen LogP contribution in [0.5, 0.6) is 17.5 Å². The van der Waals surface area contributed by atoms with Gasteiger partial charge in [0.05, 0.1) is 12.8 Å². The normalized spacial score (nSPS) is 10.5. The van der Waals surface area contributed by atoms with Gasteiger partial charge >= 0.3 is 6.01 Å². The molecule has 1 amide bonds. The smallest absolute Gasteiger partial charge is 0.321 e. The van der Waals surface area contributed by atoms with Crippen LogP contribution in [-0.2, 0) is 0 Å². The number of aromatic nitrogens is 2. The maximum absolute atomic E-state index is 13.0. The summed E-state index contributed by atoms with van der Waals surface area (Å²) in [6.07, 6.45) is 3.17. The highest BCUT2D eigenvalue weighted by Gasteiger charge is 2.12. The highest BCUT2D eigenvalue weighted by atomic mass is 35.5. The first-order valence-corrected chi connectivity index (χ1v) is 9.90. The van der Waals surface area contributed by atoms with E-state index in [1.165, 1.54) is 31.4 Å². The minimum atomic E-state index is -0.355. The number of nitrogens with one attached hydrogen (secondary N) is 1. The molecule has 0 saturated carbocycles. The number of hydrogen-bond donors (Lipinski definition) is 1. The van der Waals surface area contributed by atoms with Crippen LogP contribution in [0.15, 0.2) is 79.1 Å². The first-order chi connectivity index (χ1) is 15.5. The van der Waals surface area contributed by atoms with Crippen molar-refractivity contribution in [2.45, 2.75) is 0 Å². The van der Waals surface area contributed by atoms with Crippen molar-refractivity contribution in [2.75, 3.05) is 12.4 Å². The summed E-state index contributed by atoms with van der Waals surface area (Å²) in [6.45, 7) is 0. The Morgan fingerprint density at radius 2 is 1.72 bits per heavy atom. The number of carbonyl (C=O) groups excluding carboxylic acids is 1. The van der Waals surface area contributed by atoms with Crippen molar-refractivity contribution < 1.29 is 18.7 Å². The van der Waals surface area contributed by atoms with Gasteiger partial charge in [-0.3, -0.25) is 4.79 Å². The Balaban J connectivity index is 1.50. The number of hydrogen-bond acceptors (Lipinski definition) is 5. The minimum Gasteiger partial charge on any atom is -0.495 e. The minimum absolute atomic E-state index is 0.127. The molecule has 4 rings (SSSR count). The zero-order chi connectivity index (χ0) is 22.5. The molecule has 0 bridgehead atoms. The zero-order valence-corrected chi connectivity index (χ0v) is 17.6. The quantitative estimate of drug-likeness (QED) is 0.391. The van der Waals surface area contributed by atoms with Crippen molar-refractivity contribution in [1.29, 1.82) is 0 Å². The Bertz CT molecular complexity index is 1250. The molecule has 160 valence electrons. The molecule has 1 heterocycles. The van der Waals surface area contributed by atoms with E-state index < -0.39 is 0 Å². The third-order valence-corrected chi connectivity index (χ3v) is 4.75. The molecule has 0 saturated heterocycles. The summed E-state index contributed by atoms with van der Waals surface area (Å²) in [5.41, 5.74) is 2.37. The number of benzene rings is 3. The van der Waals surface area contributed by atoms with Gasteiger partial charge in [0.15, 0.2) is 0 Å². The molecule has 6 nitrogen and oxygen atoms in total. The molecule has 3 aromatic carbocycles. The second-order valence-electron chi connectivity index (χ2n) is 6.69. The van der Waals surface area contributed by atoms with Gasteiger partial charge in [-0.15, -0.1) is 0 Å². The average Bonchev–Trinajstić information content (AvgIpc) is 2.81. The molecule has 0 unspecified atom stereocenters. The van der Waals surface area contributed by atoms with Crippen LogP contribution in [0.3, 0.4) is 0 Å². The predicted molar refractivity (Wildman–Crippen MR) is 120 cm³/mol. The second-order valence-corrected chi connectivity index (χ2v) is 7.13. The standard InChI is InChI=1S/C24H17ClFN3O3/c1-31-22-10-5-18(25)12-21(22)29-23(30)16-4-2-3-15(11-16)17-13-27-24(28-14-17)32-20-8-6-19(26)7-9-20/h2-14H,1H3,(H,29,30). The molecule has 4 aromatic rings. The fourth-order valence-electron chi connectivity index (χ4n) is 2.94. The Morgan fingerprint density at radius 3 is 2.44 bits per heavy atom. The topological polar surface area (TPSA) is 73.3 Å². The molecule has 0 fully saturated rings. The maximum atomic E-state index is 13.0. The summed E-state index contributed by atoms with van der Waals surface area (Å²) in [6, 6.07) is 17.7. The Labute approximate surface area is 188 Å². The fourth-order valence-corrected chi connectivity index (χ4v) is 3.11. The number of rotatable bonds is 6. The lowest BCUT2D eigenvalue weighted by molar-refractivity contribution is 0.102. The summed E-state index contributed by atoms with van der Waals surface area (Å²) >= 11 is 6.03. The molecular formula is C24H17ClFN3O3. The predicted octanol–water partition coefficient (Wildman–Crippen LogP) is 5.99. The van der Waals surface area contributed by atoms with Crippen molar-refractivity contribution in [2.24, 2.45) is 0 Å². The van der Waals surface area contributed by atoms with Crippen molar-refractivity contribution in [1.82, 2.24) is 9.97 Å². The van der Waals surface area contributed by atoms with Crippen molar-refractivity contribution in [3.8, 4) is 28.6 Å². The van der Waals surface area contributed by atoms with Crippen LogP contribution >= 0.6 is 11.6 Å². The molecule has 0 aliphatic heterocycles. The lowest BCUT2D eigenvalue weighted by Crippen LogP contribution is -2.12. The Hall–Kier alpha value is -3.97. The van der Waals surface area contributed by atoms with Gasteiger partial charge in [0, 0.05) is 28.5 Å². The van der Waals surface area contributed by atoms with E-state index in [1.54, 1.807) is 48.8 Å². The van der Waals surface area contributed by atoms with Gasteiger partial charge in [-0.1, -0.05) is 23.7 Å². The van der Waals surface area contributed by atoms with Gasteiger partial charge in [-0.05, 0) is 60.2 Å². The Morgan fingerprint density at radius 1 is 0.969 bits per heavy atom. The van der Waals surface area contributed by atoms with Crippen LogP contribution < -0.4 is 14.8 Å². The van der Waals surface area contributed by atoms with E-state index in [9.17, 15) is 9.18 Å². The van der Waals surface area contributed by atoms with E-state index in [0.29, 0.717) is 33.3 Å². The number of anilines is 1. The summed E-state index contributed by atoms with van der Waals surface area (Å²) < 4.78 is 23.8. The lowest BCUT2D eigenvalue weighted by atomic mass is 10.1. The molecule has 0 radical (unpaired) electrons. The van der Waals surface area contributed by atoms with Crippen molar-refractivity contribution in [3.05, 3.63) is 95.5 Å². The van der Waals surface area contributed by atoms with Gasteiger partial charge in [0.2, 0.25) is 0 Å². The first-order valence-electron chi connectivity index (χ1n) is 9.52. The molecule has 32 heavy (non-hydrogen) atoms. The monoisotopic (exact) mass is 449 g/mol. The number of ether oxygens (including phenoxy) is 2. The van der Waals surface area contributed by atoms with E-state index in [0.717, 1.165) is 5.56 Å². The van der Waals surface area contributed by atoms with Crippen LogP contribution in [0.1, 0.15) is 10.4 Å². The largest absolute Gasteiger partial charge is 0.495 e. The summed E-state index contributed by atoms with van der Waals surface area (Å²) in [7, 11) is 1.52. The molecule has 0 spiro atoms. The fraction of sp³-hybridized carbons (Fsp3) is 0.0417. The zero-order valence-electron chi connectivity index (χ0n) is 16.9. The van der Waals surface area contributed by atoms with Gasteiger partial charge in [-0.2, -0.15) is 0 Å². The van der Waals surface area contributed by atoms with Crippen LogP contribution in [0.25, 0.3) is 11.1 Å². The number of amides is 1. The Kier molecular flexibility index (Phi) is 6.28. The maximum Gasteiger partial charge on any atom is 0.321 e. The molecular weight excluding hydrogens is 433 g/mol. The van der Waals surface area contributed by atoms with E-state index in [2.05, 4.69) is 15.3 Å². The van der Waals surface area contributed by atoms with Crippen LogP contribution in [0, 0.1) is 5.82 Å². The van der Waals surface area contributed by atoms with E-state index in [1.807, 2.05) is 6.07 Å². The molecule has 1 N–H and O–H groups in total. The number of nitrogens with zero attached hydrogens (tertiary/aromatic N) is 2. The van der Waals surface area contributed by atoms with E-state index in [4.69, 9.17) is 21.1 Å². The molecule has 8 heteroatoms. The number of carbonyl (C=O) groups is 1. The highest BCUT2D eigenvalue weighted by Crippen LogP contribution is 2.29. The second kappa shape index (κ2) is 9.45. The molecule has 0 atom stereocenters. The summed E-state index contributed by atoms with van der Waals surface area (Å²) in [5.74, 6) is 0.259. The molecule has 0 aliphatic carbocycles. The lowest BCUT2D eigenvalue weighted by Gasteiger charge is -2.11. The van der Waals surface area contributed by atoms with E-state index >= 15 is 0 Å². The summed E-state index contributed by atoms with van der Waals surface area (Å²) in [4.78, 5) is 21.1. The third-order valence-electron chi connectivity index (χ3n) is 4.52. The van der Waals surface area contributed by atoms with Crippen LogP contribution in [0.2, 0.25) is 5.02 Å². The average molecular weight is 450 g/mol. The van der Waals surface area contributed by atoms with Gasteiger partial charge < -0.3 is 14.8 Å². The first kappa shape index (κ1) is 21.3. The van der Waals surface area contributed by atoms with Gasteiger partial charge in [-0.25, -0.2) is 14.4 Å². The molecule has 0 aliphatic rings. The van der Waals surface area contributed by atoms with Crippen LogP contribution in [0.4, 0.5) is 10.1 Å². The number of methoxy groups -OCH3 is 1. The van der Waals surface area contributed by atoms with Gasteiger partial charge in [0.25, 0.3) is 5.91 Å². The van der Waals surface area contributed by atoms with Crippen molar-refractivity contribution in [3.63, 3.8) is 0 Å². The third kappa shape index (κ3) is 5.01. The van der Waals surface area contributed by atoms with E-state index in [-0.39, 0.29) is 17.7 Å². The van der Waals surface area contributed by atoms with Crippen LogP contribution in [-0.4, -0.2) is 23.0 Å². The van der Waals surface area contributed by atoms with Gasteiger partial charge in [0.1, 0.15) is 17.3 Å². The van der Waals surface area contributed by atoms with Crippen molar-refractivity contribution >= 4 is 23.2 Å². The molecule has 1 aromatic heterocycles. The summed E-state index contributed by atoms with van der Waals surface area (Å²) in [5, 5.41) is 3.29. The SMILES string of the molecule is COc1ccc(Cl)cc1NC(=O)c1cccc(-c2cnc(Oc3ccc(F)cc3)nc2)c1. The highest BCUT2D eigenvalue weighted by molar-refractivity contribution is 6.31. The number of halogens is 2.